The molecule has 2 aliphatic rings. The fourth-order valence-corrected chi connectivity index (χ4v) is 6.00. The zero-order valence-corrected chi connectivity index (χ0v) is 26.9. The molecular weight excluding hydrogens is 592 g/mol. The van der Waals surface area contributed by atoms with Crippen LogP contribution in [0.1, 0.15) is 22.3 Å². The maximum Gasteiger partial charge on any atom is 0.231 e. The summed E-state index contributed by atoms with van der Waals surface area (Å²) in [5.74, 6) is 6.47. The third kappa shape index (κ3) is 5.94. The molecule has 0 aromatic heterocycles. The molecule has 0 amide bonds. The van der Waals surface area contributed by atoms with Gasteiger partial charge in [-0.3, -0.25) is 0 Å². The standard InChI is InChI=1S/C36H38O10/c1-37-31-11-21(12-32(38-2)35(31)41-5)7-9-23-15-27-29(45-19-43-27)17-25(23)26-18-30-28(44-20-46-30)16-24(26)10-8-22-13-33(39-3)36(42-6)34(14-22)40-4/h11-18H,7-10,19-20H2,1-6H3. The summed E-state index contributed by atoms with van der Waals surface area (Å²) in [6.45, 7) is 0.362. The first-order chi connectivity index (χ1) is 22.5. The lowest BCUT2D eigenvalue weighted by Gasteiger charge is -2.18. The predicted molar refractivity (Wildman–Crippen MR) is 171 cm³/mol. The van der Waals surface area contributed by atoms with E-state index in [1.54, 1.807) is 42.7 Å². The Bertz CT molecular complexity index is 1550. The van der Waals surface area contributed by atoms with E-state index in [0.717, 1.165) is 44.9 Å². The molecule has 0 aliphatic carbocycles. The summed E-state index contributed by atoms with van der Waals surface area (Å²) in [5.41, 5.74) is 6.37. The Labute approximate surface area is 268 Å². The number of fused-ring (bicyclic) bond motifs is 2. The van der Waals surface area contributed by atoms with E-state index in [2.05, 4.69) is 24.3 Å². The summed E-state index contributed by atoms with van der Waals surface area (Å²) in [5, 5.41) is 0. The molecule has 4 aromatic rings. The molecule has 0 spiro atoms. The van der Waals surface area contributed by atoms with Crippen LogP contribution >= 0.6 is 0 Å². The minimum atomic E-state index is 0.181. The van der Waals surface area contributed by atoms with Crippen molar-refractivity contribution in [3.05, 3.63) is 70.8 Å². The highest BCUT2D eigenvalue weighted by Gasteiger charge is 2.24. The minimum Gasteiger partial charge on any atom is -0.493 e. The van der Waals surface area contributed by atoms with Gasteiger partial charge in [0, 0.05) is 0 Å². The van der Waals surface area contributed by atoms with Crippen molar-refractivity contribution in [1.29, 1.82) is 0 Å². The fourth-order valence-electron chi connectivity index (χ4n) is 6.00. The van der Waals surface area contributed by atoms with Crippen LogP contribution in [-0.2, 0) is 25.7 Å². The summed E-state index contributed by atoms with van der Waals surface area (Å²) in [4.78, 5) is 0. The molecule has 2 heterocycles. The van der Waals surface area contributed by atoms with Gasteiger partial charge in [0.25, 0.3) is 0 Å². The lowest BCUT2D eigenvalue weighted by molar-refractivity contribution is 0.173. The minimum absolute atomic E-state index is 0.181. The van der Waals surface area contributed by atoms with E-state index in [0.29, 0.717) is 71.7 Å². The van der Waals surface area contributed by atoms with Crippen molar-refractivity contribution in [3.63, 3.8) is 0 Å². The van der Waals surface area contributed by atoms with Crippen LogP contribution in [-0.4, -0.2) is 56.2 Å². The van der Waals surface area contributed by atoms with Gasteiger partial charge in [0.1, 0.15) is 0 Å². The van der Waals surface area contributed by atoms with Gasteiger partial charge in [0.05, 0.1) is 42.7 Å². The number of rotatable bonds is 13. The van der Waals surface area contributed by atoms with E-state index in [9.17, 15) is 0 Å². The molecule has 4 aromatic carbocycles. The van der Waals surface area contributed by atoms with Crippen molar-refractivity contribution >= 4 is 0 Å². The molecular formula is C36H38O10. The third-order valence-electron chi connectivity index (χ3n) is 8.30. The first-order valence-corrected chi connectivity index (χ1v) is 14.9. The fraction of sp³-hybridized carbons (Fsp3) is 0.333. The van der Waals surface area contributed by atoms with Gasteiger partial charge in [0.2, 0.25) is 25.1 Å². The maximum absolute atomic E-state index is 5.83. The second kappa shape index (κ2) is 13.5. The van der Waals surface area contributed by atoms with E-state index in [4.69, 9.17) is 47.4 Å². The molecule has 0 bridgehead atoms. The van der Waals surface area contributed by atoms with E-state index in [1.165, 1.54) is 0 Å². The largest absolute Gasteiger partial charge is 0.493 e. The lowest BCUT2D eigenvalue weighted by Crippen LogP contribution is -2.02. The van der Waals surface area contributed by atoms with E-state index in [-0.39, 0.29) is 13.6 Å². The van der Waals surface area contributed by atoms with Crippen molar-refractivity contribution in [3.8, 4) is 68.6 Å². The van der Waals surface area contributed by atoms with Crippen molar-refractivity contribution in [2.75, 3.05) is 56.2 Å². The normalized spacial score (nSPS) is 12.6. The number of aryl methyl sites for hydroxylation is 4. The zero-order chi connectivity index (χ0) is 32.2. The summed E-state index contributed by atoms with van der Waals surface area (Å²) >= 11 is 0. The van der Waals surface area contributed by atoms with Gasteiger partial charge in [-0.25, -0.2) is 0 Å². The highest BCUT2D eigenvalue weighted by Crippen LogP contribution is 2.45. The molecule has 0 N–H and O–H groups in total. The molecule has 0 radical (unpaired) electrons. The quantitative estimate of drug-likeness (QED) is 0.165. The molecule has 46 heavy (non-hydrogen) atoms. The first kappa shape index (κ1) is 30.9. The zero-order valence-electron chi connectivity index (χ0n) is 26.9. The van der Waals surface area contributed by atoms with Gasteiger partial charge in [-0.1, -0.05) is 0 Å². The Morgan fingerprint density at radius 2 is 0.739 bits per heavy atom. The van der Waals surface area contributed by atoms with Crippen molar-refractivity contribution in [1.82, 2.24) is 0 Å². The van der Waals surface area contributed by atoms with Crippen LogP contribution in [0.2, 0.25) is 0 Å². The number of benzene rings is 4. The van der Waals surface area contributed by atoms with Crippen LogP contribution in [0.4, 0.5) is 0 Å². The Kier molecular flexibility index (Phi) is 9.05. The molecule has 0 atom stereocenters. The Hall–Kier alpha value is -5.12. The summed E-state index contributed by atoms with van der Waals surface area (Å²) in [7, 11) is 9.69. The summed E-state index contributed by atoms with van der Waals surface area (Å²) in [6.07, 6.45) is 2.86. The van der Waals surface area contributed by atoms with Crippen molar-refractivity contribution in [2.24, 2.45) is 0 Å². The van der Waals surface area contributed by atoms with Gasteiger partial charge in [-0.05, 0) is 108 Å². The van der Waals surface area contributed by atoms with Gasteiger partial charge < -0.3 is 47.4 Å². The molecule has 6 rings (SSSR count). The second-order valence-electron chi connectivity index (χ2n) is 10.8. The molecule has 0 saturated carbocycles. The van der Waals surface area contributed by atoms with Crippen LogP contribution in [0.3, 0.4) is 0 Å². The topological polar surface area (TPSA) is 92.3 Å². The predicted octanol–water partition coefficient (Wildman–Crippen LogP) is 6.43. The molecule has 10 nitrogen and oxygen atoms in total. The number of methoxy groups -OCH3 is 6. The number of hydrogen-bond donors (Lipinski definition) is 0. The summed E-state index contributed by atoms with van der Waals surface area (Å²) in [6, 6.07) is 16.2. The SMILES string of the molecule is COc1cc(CCc2cc3c(cc2-c2cc4c(cc2CCc2cc(OC)c(OC)c(OC)c2)OCO4)OCO3)cc(OC)c1OC. The Morgan fingerprint density at radius 1 is 0.413 bits per heavy atom. The van der Waals surface area contributed by atoms with Crippen LogP contribution in [0, 0.1) is 0 Å². The molecule has 0 saturated heterocycles. The van der Waals surface area contributed by atoms with Crippen LogP contribution in [0.5, 0.6) is 57.5 Å². The van der Waals surface area contributed by atoms with Crippen LogP contribution in [0.25, 0.3) is 11.1 Å². The van der Waals surface area contributed by atoms with E-state index in [1.807, 2.05) is 24.3 Å². The van der Waals surface area contributed by atoms with Crippen LogP contribution < -0.4 is 47.4 Å². The van der Waals surface area contributed by atoms with Gasteiger partial charge in [0.15, 0.2) is 46.0 Å². The smallest absolute Gasteiger partial charge is 0.231 e. The molecule has 0 fully saturated rings. The maximum atomic E-state index is 5.83. The molecule has 242 valence electrons. The van der Waals surface area contributed by atoms with Gasteiger partial charge in [-0.15, -0.1) is 0 Å². The summed E-state index contributed by atoms with van der Waals surface area (Å²) < 4.78 is 56.7. The molecule has 0 unspecified atom stereocenters. The van der Waals surface area contributed by atoms with Crippen molar-refractivity contribution < 1.29 is 47.4 Å². The Morgan fingerprint density at radius 3 is 1.04 bits per heavy atom. The third-order valence-corrected chi connectivity index (χ3v) is 8.30. The molecule has 10 heteroatoms. The van der Waals surface area contributed by atoms with Gasteiger partial charge in [-0.2, -0.15) is 0 Å². The monoisotopic (exact) mass is 630 g/mol. The van der Waals surface area contributed by atoms with E-state index >= 15 is 0 Å². The molecule has 2 aliphatic heterocycles. The van der Waals surface area contributed by atoms with Crippen molar-refractivity contribution in [2.45, 2.75) is 25.7 Å². The second-order valence-corrected chi connectivity index (χ2v) is 10.8. The average Bonchev–Trinajstić information content (AvgIpc) is 3.76. The highest BCUT2D eigenvalue weighted by atomic mass is 16.7. The first-order valence-electron chi connectivity index (χ1n) is 14.9. The number of hydrogen-bond acceptors (Lipinski definition) is 10. The Balaban J connectivity index is 1.37. The average molecular weight is 631 g/mol. The highest BCUT2D eigenvalue weighted by molar-refractivity contribution is 5.77. The van der Waals surface area contributed by atoms with Crippen LogP contribution in [0.15, 0.2) is 48.5 Å². The number of ether oxygens (including phenoxy) is 10. The van der Waals surface area contributed by atoms with Gasteiger partial charge >= 0.3 is 0 Å². The lowest BCUT2D eigenvalue weighted by atomic mass is 9.89. The van der Waals surface area contributed by atoms with E-state index < -0.39 is 0 Å².